The maximum Gasteiger partial charge on any atom is 0.127 e. The fourth-order valence-corrected chi connectivity index (χ4v) is 3.03. The molecule has 0 heterocycles. The molecule has 2 heteroatoms. The summed E-state index contributed by atoms with van der Waals surface area (Å²) in [6.07, 6.45) is 8.79. The van der Waals surface area contributed by atoms with Crippen LogP contribution in [0, 0.1) is 18.7 Å². The lowest BCUT2D eigenvalue weighted by Crippen LogP contribution is -2.17. The van der Waals surface area contributed by atoms with Crippen LogP contribution in [0.2, 0.25) is 0 Å². The Hall–Kier alpha value is -0.890. The Morgan fingerprint density at radius 3 is 2.56 bits per heavy atom. The van der Waals surface area contributed by atoms with Crippen LogP contribution in [-0.2, 0) is 0 Å². The third-order valence-corrected chi connectivity index (χ3v) is 4.11. The molecule has 0 spiro atoms. The summed E-state index contributed by atoms with van der Waals surface area (Å²) in [5.41, 5.74) is 7.99. The lowest BCUT2D eigenvalue weighted by atomic mass is 9.89. The van der Waals surface area contributed by atoms with Crippen LogP contribution < -0.4 is 5.73 Å². The molecule has 18 heavy (non-hydrogen) atoms. The van der Waals surface area contributed by atoms with Crippen molar-refractivity contribution in [2.75, 3.05) is 0 Å². The first-order chi connectivity index (χ1) is 8.66. The first kappa shape index (κ1) is 13.5. The van der Waals surface area contributed by atoms with Crippen molar-refractivity contribution in [1.29, 1.82) is 0 Å². The minimum Gasteiger partial charge on any atom is -0.324 e. The Balaban J connectivity index is 2.01. The highest BCUT2D eigenvalue weighted by Crippen LogP contribution is 2.31. The predicted molar refractivity (Wildman–Crippen MR) is 73.9 cm³/mol. The number of benzene rings is 1. The summed E-state index contributed by atoms with van der Waals surface area (Å²) in [4.78, 5) is 0. The summed E-state index contributed by atoms with van der Waals surface area (Å²) >= 11 is 0. The van der Waals surface area contributed by atoms with Gasteiger partial charge in [0, 0.05) is 11.6 Å². The van der Waals surface area contributed by atoms with E-state index in [9.17, 15) is 4.39 Å². The minimum atomic E-state index is -0.151. The van der Waals surface area contributed by atoms with Crippen LogP contribution in [0.25, 0.3) is 0 Å². The van der Waals surface area contributed by atoms with E-state index in [1.165, 1.54) is 44.6 Å². The Bertz CT molecular complexity index is 381. The van der Waals surface area contributed by atoms with Gasteiger partial charge in [-0.25, -0.2) is 4.39 Å². The summed E-state index contributed by atoms with van der Waals surface area (Å²) in [5, 5.41) is 0. The van der Waals surface area contributed by atoms with Crippen LogP contribution in [0.4, 0.5) is 4.39 Å². The summed E-state index contributed by atoms with van der Waals surface area (Å²) < 4.78 is 13.8. The summed E-state index contributed by atoms with van der Waals surface area (Å²) in [5.74, 6) is 0.532. The molecule has 100 valence electrons. The molecule has 0 aromatic heterocycles. The third kappa shape index (κ3) is 3.55. The van der Waals surface area contributed by atoms with Crippen LogP contribution >= 0.6 is 0 Å². The van der Waals surface area contributed by atoms with Crippen LogP contribution in [0.5, 0.6) is 0 Å². The Morgan fingerprint density at radius 1 is 1.22 bits per heavy atom. The summed E-state index contributed by atoms with van der Waals surface area (Å²) in [6.45, 7) is 1.99. The van der Waals surface area contributed by atoms with Crippen molar-refractivity contribution in [3.63, 3.8) is 0 Å². The van der Waals surface area contributed by atoms with Gasteiger partial charge in [-0.15, -0.1) is 0 Å². The second-order valence-electron chi connectivity index (χ2n) is 5.72. The number of nitrogens with two attached hydrogens (primary N) is 1. The molecule has 1 saturated carbocycles. The van der Waals surface area contributed by atoms with Gasteiger partial charge in [0.25, 0.3) is 0 Å². The number of hydrogen-bond acceptors (Lipinski definition) is 1. The molecule has 1 aromatic rings. The van der Waals surface area contributed by atoms with Gasteiger partial charge in [-0.1, -0.05) is 56.2 Å². The molecule has 1 aliphatic rings. The zero-order chi connectivity index (χ0) is 13.0. The molecule has 1 nitrogen and oxygen atoms in total. The molecule has 0 amide bonds. The molecular weight excluding hydrogens is 225 g/mol. The van der Waals surface area contributed by atoms with E-state index in [-0.39, 0.29) is 11.9 Å². The number of hydrogen-bond donors (Lipinski definition) is 1. The second-order valence-corrected chi connectivity index (χ2v) is 5.72. The fourth-order valence-electron chi connectivity index (χ4n) is 3.03. The van der Waals surface area contributed by atoms with Crippen molar-refractivity contribution in [2.24, 2.45) is 11.7 Å². The molecule has 0 radical (unpaired) electrons. The summed E-state index contributed by atoms with van der Waals surface area (Å²) in [7, 11) is 0. The fraction of sp³-hybridized carbons (Fsp3) is 0.625. The van der Waals surface area contributed by atoms with Gasteiger partial charge >= 0.3 is 0 Å². The van der Waals surface area contributed by atoms with Crippen LogP contribution in [0.1, 0.15) is 62.1 Å². The van der Waals surface area contributed by atoms with Gasteiger partial charge in [-0.05, 0) is 25.3 Å². The summed E-state index contributed by atoms with van der Waals surface area (Å²) in [6, 6.07) is 5.10. The van der Waals surface area contributed by atoms with E-state index in [1.54, 1.807) is 6.07 Å². The van der Waals surface area contributed by atoms with E-state index in [0.717, 1.165) is 12.0 Å². The first-order valence-electron chi connectivity index (χ1n) is 7.18. The van der Waals surface area contributed by atoms with Crippen molar-refractivity contribution in [2.45, 2.75) is 57.9 Å². The van der Waals surface area contributed by atoms with Crippen molar-refractivity contribution < 1.29 is 4.39 Å². The van der Waals surface area contributed by atoms with Gasteiger partial charge in [0.1, 0.15) is 5.82 Å². The molecule has 1 fully saturated rings. The molecule has 2 rings (SSSR count). The lowest BCUT2D eigenvalue weighted by molar-refractivity contribution is 0.387. The highest BCUT2D eigenvalue weighted by atomic mass is 19.1. The smallest absolute Gasteiger partial charge is 0.127 e. The van der Waals surface area contributed by atoms with Crippen LogP contribution in [0.15, 0.2) is 18.2 Å². The van der Waals surface area contributed by atoms with Gasteiger partial charge in [0.2, 0.25) is 0 Å². The second kappa shape index (κ2) is 6.33. The van der Waals surface area contributed by atoms with Gasteiger partial charge in [0.05, 0.1) is 0 Å². The standard InChI is InChI=1S/C16H24FN/c1-12-8-9-15(17)14(10-12)16(18)11-13-6-4-2-3-5-7-13/h8-10,13,16H,2-7,11,18H2,1H3. The van der Waals surface area contributed by atoms with E-state index in [0.29, 0.717) is 11.5 Å². The van der Waals surface area contributed by atoms with E-state index >= 15 is 0 Å². The van der Waals surface area contributed by atoms with E-state index in [2.05, 4.69) is 0 Å². The van der Waals surface area contributed by atoms with Crippen molar-refractivity contribution in [1.82, 2.24) is 0 Å². The van der Waals surface area contributed by atoms with E-state index in [1.807, 2.05) is 13.0 Å². The molecule has 1 atom stereocenters. The van der Waals surface area contributed by atoms with E-state index in [4.69, 9.17) is 5.73 Å². The Kier molecular flexibility index (Phi) is 4.76. The average Bonchev–Trinajstić information content (AvgIpc) is 2.61. The van der Waals surface area contributed by atoms with Crippen LogP contribution in [-0.4, -0.2) is 0 Å². The number of halogens is 1. The molecule has 1 aromatic carbocycles. The lowest BCUT2D eigenvalue weighted by Gasteiger charge is -2.20. The highest BCUT2D eigenvalue weighted by molar-refractivity contribution is 5.26. The van der Waals surface area contributed by atoms with Crippen molar-refractivity contribution in [3.8, 4) is 0 Å². The molecule has 0 bridgehead atoms. The SMILES string of the molecule is Cc1ccc(F)c(C(N)CC2CCCCCC2)c1. The van der Waals surface area contributed by atoms with Gasteiger partial charge in [-0.2, -0.15) is 0 Å². The predicted octanol–water partition coefficient (Wildman–Crippen LogP) is 4.49. The van der Waals surface area contributed by atoms with Crippen LogP contribution in [0.3, 0.4) is 0 Å². The quantitative estimate of drug-likeness (QED) is 0.784. The van der Waals surface area contributed by atoms with Gasteiger partial charge < -0.3 is 5.73 Å². The zero-order valence-electron chi connectivity index (χ0n) is 11.3. The minimum absolute atomic E-state index is 0.145. The first-order valence-corrected chi connectivity index (χ1v) is 7.18. The van der Waals surface area contributed by atoms with Gasteiger partial charge in [0.15, 0.2) is 0 Å². The molecular formula is C16H24FN. The van der Waals surface area contributed by atoms with E-state index < -0.39 is 0 Å². The highest BCUT2D eigenvalue weighted by Gasteiger charge is 2.19. The largest absolute Gasteiger partial charge is 0.324 e. The zero-order valence-corrected chi connectivity index (χ0v) is 11.3. The third-order valence-electron chi connectivity index (χ3n) is 4.11. The van der Waals surface area contributed by atoms with Crippen molar-refractivity contribution in [3.05, 3.63) is 35.1 Å². The normalized spacial score (nSPS) is 19.5. The maximum atomic E-state index is 13.8. The topological polar surface area (TPSA) is 26.0 Å². The molecule has 1 aliphatic carbocycles. The number of rotatable bonds is 3. The maximum absolute atomic E-state index is 13.8. The molecule has 1 unspecified atom stereocenters. The number of aryl methyl sites for hydroxylation is 1. The molecule has 0 saturated heterocycles. The average molecular weight is 249 g/mol. The molecule has 2 N–H and O–H groups in total. The van der Waals surface area contributed by atoms with Crippen molar-refractivity contribution >= 4 is 0 Å². The Morgan fingerprint density at radius 2 is 1.89 bits per heavy atom. The molecule has 0 aliphatic heterocycles. The Labute approximate surface area is 110 Å². The van der Waals surface area contributed by atoms with Gasteiger partial charge in [-0.3, -0.25) is 0 Å². The monoisotopic (exact) mass is 249 g/mol.